The minimum Gasteiger partial charge on any atom is -0.491 e. The summed E-state index contributed by atoms with van der Waals surface area (Å²) in [7, 11) is 0. The number of esters is 1. The quantitative estimate of drug-likeness (QED) is 0.711. The van der Waals surface area contributed by atoms with Gasteiger partial charge in [-0.05, 0) is 25.1 Å². The SMILES string of the molecule is CCC/C=C1\OC(=O)c2c(OCCN3CCN(CC)CC3)cccc21. The number of likely N-dealkylation sites (N-methyl/N-ethyl adjacent to an activating group) is 1. The maximum atomic E-state index is 12.2. The first kappa shape index (κ1) is 18.0. The highest BCUT2D eigenvalue weighted by Crippen LogP contribution is 2.36. The fourth-order valence-electron chi connectivity index (χ4n) is 3.31. The zero-order valence-corrected chi connectivity index (χ0v) is 15.3. The first-order valence-corrected chi connectivity index (χ1v) is 9.36. The van der Waals surface area contributed by atoms with Crippen LogP contribution in [0.5, 0.6) is 5.75 Å². The average molecular weight is 344 g/mol. The Morgan fingerprint density at radius 1 is 1.16 bits per heavy atom. The second-order valence-electron chi connectivity index (χ2n) is 6.55. The predicted octanol–water partition coefficient (Wildman–Crippen LogP) is 3.01. The third kappa shape index (κ3) is 4.22. The van der Waals surface area contributed by atoms with Crippen LogP contribution in [0.4, 0.5) is 0 Å². The van der Waals surface area contributed by atoms with Crippen molar-refractivity contribution in [1.82, 2.24) is 9.80 Å². The molecule has 0 unspecified atom stereocenters. The molecule has 0 aromatic heterocycles. The minimum absolute atomic E-state index is 0.301. The predicted molar refractivity (Wildman–Crippen MR) is 98.8 cm³/mol. The summed E-state index contributed by atoms with van der Waals surface area (Å²) in [6.07, 6.45) is 3.91. The van der Waals surface area contributed by atoms with Gasteiger partial charge in [-0.2, -0.15) is 0 Å². The molecule has 136 valence electrons. The Balaban J connectivity index is 1.59. The van der Waals surface area contributed by atoms with Gasteiger partial charge in [-0.1, -0.05) is 32.4 Å². The summed E-state index contributed by atoms with van der Waals surface area (Å²) < 4.78 is 11.4. The number of hydrogen-bond donors (Lipinski definition) is 0. The average Bonchev–Trinajstić information content (AvgIpc) is 2.97. The van der Waals surface area contributed by atoms with Gasteiger partial charge in [0.25, 0.3) is 0 Å². The van der Waals surface area contributed by atoms with Gasteiger partial charge in [0.2, 0.25) is 0 Å². The number of ether oxygens (including phenoxy) is 2. The lowest BCUT2D eigenvalue weighted by molar-refractivity contribution is 0.0710. The molecule has 5 nitrogen and oxygen atoms in total. The molecular weight excluding hydrogens is 316 g/mol. The largest absolute Gasteiger partial charge is 0.491 e. The van der Waals surface area contributed by atoms with Crippen LogP contribution in [0.2, 0.25) is 0 Å². The van der Waals surface area contributed by atoms with Crippen molar-refractivity contribution >= 4 is 11.7 Å². The molecule has 2 aliphatic heterocycles. The Morgan fingerprint density at radius 2 is 1.92 bits per heavy atom. The molecular formula is C20H28N2O3. The van der Waals surface area contributed by atoms with Crippen LogP contribution in [-0.2, 0) is 4.74 Å². The summed E-state index contributed by atoms with van der Waals surface area (Å²) in [4.78, 5) is 17.1. The van der Waals surface area contributed by atoms with Gasteiger partial charge in [-0.15, -0.1) is 0 Å². The third-order valence-corrected chi connectivity index (χ3v) is 4.89. The van der Waals surface area contributed by atoms with Crippen LogP contribution < -0.4 is 4.74 Å². The molecule has 0 bridgehead atoms. The van der Waals surface area contributed by atoms with Gasteiger partial charge in [-0.25, -0.2) is 4.79 Å². The van der Waals surface area contributed by atoms with E-state index in [-0.39, 0.29) is 5.97 Å². The van der Waals surface area contributed by atoms with E-state index in [0.29, 0.717) is 23.7 Å². The molecule has 0 aliphatic carbocycles. The van der Waals surface area contributed by atoms with E-state index in [0.717, 1.165) is 57.7 Å². The number of nitrogens with zero attached hydrogens (tertiary/aromatic N) is 2. The molecule has 0 radical (unpaired) electrons. The topological polar surface area (TPSA) is 42.0 Å². The normalized spacial score (nSPS) is 19.9. The van der Waals surface area contributed by atoms with Crippen LogP contribution in [-0.4, -0.2) is 61.6 Å². The number of carbonyl (C=O) groups excluding carboxylic acids is 1. The monoisotopic (exact) mass is 344 g/mol. The number of carbonyl (C=O) groups is 1. The van der Waals surface area contributed by atoms with Crippen molar-refractivity contribution in [2.24, 2.45) is 0 Å². The number of cyclic esters (lactones) is 1. The minimum atomic E-state index is -0.301. The molecule has 1 saturated heterocycles. The number of piperazine rings is 1. The summed E-state index contributed by atoms with van der Waals surface area (Å²) in [6.45, 7) is 11.3. The Bertz CT molecular complexity index is 634. The highest BCUT2D eigenvalue weighted by Gasteiger charge is 2.30. The molecule has 0 spiro atoms. The van der Waals surface area contributed by atoms with Gasteiger partial charge in [0.1, 0.15) is 23.7 Å². The smallest absolute Gasteiger partial charge is 0.348 e. The second-order valence-corrected chi connectivity index (χ2v) is 6.55. The number of allylic oxidation sites excluding steroid dienone is 1. The van der Waals surface area contributed by atoms with Gasteiger partial charge in [-0.3, -0.25) is 4.90 Å². The van der Waals surface area contributed by atoms with Gasteiger partial charge < -0.3 is 14.4 Å². The summed E-state index contributed by atoms with van der Waals surface area (Å²) in [5, 5.41) is 0. The maximum absolute atomic E-state index is 12.2. The van der Waals surface area contributed by atoms with Crippen molar-refractivity contribution in [2.45, 2.75) is 26.7 Å². The number of benzene rings is 1. The Kier molecular flexibility index (Phi) is 6.10. The van der Waals surface area contributed by atoms with Crippen LogP contribution >= 0.6 is 0 Å². The Labute approximate surface area is 150 Å². The lowest BCUT2D eigenvalue weighted by Crippen LogP contribution is -2.47. The first-order valence-electron chi connectivity index (χ1n) is 9.36. The molecule has 0 N–H and O–H groups in total. The van der Waals surface area contributed by atoms with Gasteiger partial charge >= 0.3 is 5.97 Å². The van der Waals surface area contributed by atoms with E-state index in [1.807, 2.05) is 24.3 Å². The number of rotatable bonds is 7. The maximum Gasteiger partial charge on any atom is 0.348 e. The zero-order valence-electron chi connectivity index (χ0n) is 15.3. The van der Waals surface area contributed by atoms with E-state index in [4.69, 9.17) is 9.47 Å². The van der Waals surface area contributed by atoms with Crippen LogP contribution in [0.3, 0.4) is 0 Å². The van der Waals surface area contributed by atoms with E-state index in [1.54, 1.807) is 0 Å². The summed E-state index contributed by atoms with van der Waals surface area (Å²) in [5.41, 5.74) is 1.42. The molecule has 1 aromatic rings. The Morgan fingerprint density at radius 3 is 2.64 bits per heavy atom. The van der Waals surface area contributed by atoms with Crippen molar-refractivity contribution in [3.05, 3.63) is 35.4 Å². The van der Waals surface area contributed by atoms with Crippen molar-refractivity contribution in [3.63, 3.8) is 0 Å². The third-order valence-electron chi connectivity index (χ3n) is 4.89. The summed E-state index contributed by atoms with van der Waals surface area (Å²) in [6, 6.07) is 5.71. The van der Waals surface area contributed by atoms with E-state index in [9.17, 15) is 4.79 Å². The molecule has 5 heteroatoms. The van der Waals surface area contributed by atoms with E-state index < -0.39 is 0 Å². The van der Waals surface area contributed by atoms with Crippen LogP contribution in [0.25, 0.3) is 5.76 Å². The summed E-state index contributed by atoms with van der Waals surface area (Å²) >= 11 is 0. The van der Waals surface area contributed by atoms with E-state index in [2.05, 4.69) is 23.6 Å². The molecule has 0 saturated carbocycles. The molecule has 2 heterocycles. The molecule has 2 aliphatic rings. The lowest BCUT2D eigenvalue weighted by Gasteiger charge is -2.33. The fourth-order valence-corrected chi connectivity index (χ4v) is 3.31. The van der Waals surface area contributed by atoms with Crippen LogP contribution in [0.15, 0.2) is 24.3 Å². The van der Waals surface area contributed by atoms with Gasteiger partial charge in [0.15, 0.2) is 0 Å². The van der Waals surface area contributed by atoms with Gasteiger partial charge in [0, 0.05) is 38.3 Å². The van der Waals surface area contributed by atoms with Gasteiger partial charge in [0.05, 0.1) is 0 Å². The number of fused-ring (bicyclic) bond motifs is 1. The highest BCUT2D eigenvalue weighted by molar-refractivity contribution is 6.05. The first-order chi connectivity index (χ1) is 12.2. The summed E-state index contributed by atoms with van der Waals surface area (Å²) in [5.74, 6) is 1.00. The lowest BCUT2D eigenvalue weighted by atomic mass is 10.1. The molecule has 0 amide bonds. The second kappa shape index (κ2) is 8.50. The molecule has 25 heavy (non-hydrogen) atoms. The molecule has 3 rings (SSSR count). The highest BCUT2D eigenvalue weighted by atomic mass is 16.5. The van der Waals surface area contributed by atoms with Crippen LogP contribution in [0.1, 0.15) is 42.6 Å². The van der Waals surface area contributed by atoms with Crippen molar-refractivity contribution in [2.75, 3.05) is 45.9 Å². The van der Waals surface area contributed by atoms with Crippen molar-refractivity contribution in [1.29, 1.82) is 0 Å². The molecule has 1 aromatic carbocycles. The molecule has 1 fully saturated rings. The Hall–Kier alpha value is -1.85. The van der Waals surface area contributed by atoms with E-state index in [1.165, 1.54) is 0 Å². The van der Waals surface area contributed by atoms with Crippen LogP contribution in [0, 0.1) is 0 Å². The van der Waals surface area contributed by atoms with E-state index >= 15 is 0 Å². The number of hydrogen-bond acceptors (Lipinski definition) is 5. The standard InChI is InChI=1S/C20H28N2O3/c1-3-5-8-17-16-7-6-9-18(19(16)20(23)25-17)24-15-14-22-12-10-21(4-2)11-13-22/h6-9H,3-5,10-15H2,1-2H3/b17-8-. The number of unbranched alkanes of at least 4 members (excludes halogenated alkanes) is 1. The zero-order chi connectivity index (χ0) is 17.6. The van der Waals surface area contributed by atoms with Crippen molar-refractivity contribution in [3.8, 4) is 5.75 Å². The fraction of sp³-hybridized carbons (Fsp3) is 0.550. The van der Waals surface area contributed by atoms with Crippen molar-refractivity contribution < 1.29 is 14.3 Å². The molecule has 0 atom stereocenters.